The summed E-state index contributed by atoms with van der Waals surface area (Å²) < 4.78 is 6.04. The van der Waals surface area contributed by atoms with Gasteiger partial charge in [-0.15, -0.1) is 5.10 Å². The number of hydrazone groups is 1. The standard InChI is InChI=1S/C21H16N2O2/c24-20(17-12-6-2-7-13-17)23-21(18-14-8-3-9-15-18)25-19(22-23)16-10-4-1-5-11-16/h1-15,21H. The molecule has 0 aliphatic carbocycles. The third-order valence-electron chi connectivity index (χ3n) is 3.98. The van der Waals surface area contributed by atoms with Crippen LogP contribution in [0.1, 0.15) is 27.7 Å². The lowest BCUT2D eigenvalue weighted by atomic mass is 10.1. The van der Waals surface area contributed by atoms with Crippen molar-refractivity contribution < 1.29 is 9.53 Å². The van der Waals surface area contributed by atoms with Crippen LogP contribution in [0.3, 0.4) is 0 Å². The molecule has 3 aromatic carbocycles. The Morgan fingerprint density at radius 1 is 0.800 bits per heavy atom. The summed E-state index contributed by atoms with van der Waals surface area (Å²) in [6.07, 6.45) is -0.580. The maximum absolute atomic E-state index is 12.9. The van der Waals surface area contributed by atoms with E-state index in [9.17, 15) is 4.79 Å². The van der Waals surface area contributed by atoms with E-state index in [2.05, 4.69) is 5.10 Å². The van der Waals surface area contributed by atoms with Crippen LogP contribution in [0.15, 0.2) is 96.1 Å². The van der Waals surface area contributed by atoms with Crippen LogP contribution in [0.2, 0.25) is 0 Å². The number of carbonyl (C=O) groups is 1. The van der Waals surface area contributed by atoms with Crippen LogP contribution < -0.4 is 0 Å². The highest BCUT2D eigenvalue weighted by Gasteiger charge is 2.35. The zero-order chi connectivity index (χ0) is 17.1. The quantitative estimate of drug-likeness (QED) is 0.722. The Bertz CT molecular complexity index is 893. The molecule has 1 aliphatic rings. The number of amides is 1. The fourth-order valence-corrected chi connectivity index (χ4v) is 2.73. The first-order valence-electron chi connectivity index (χ1n) is 8.07. The average molecular weight is 328 g/mol. The molecule has 0 spiro atoms. The van der Waals surface area contributed by atoms with E-state index >= 15 is 0 Å². The SMILES string of the molecule is O=C(c1ccccc1)N1N=C(c2ccccc2)OC1c1ccccc1. The van der Waals surface area contributed by atoms with Gasteiger partial charge in [0.25, 0.3) is 5.91 Å². The molecule has 3 aromatic rings. The molecule has 4 nitrogen and oxygen atoms in total. The van der Waals surface area contributed by atoms with E-state index in [0.717, 1.165) is 11.1 Å². The largest absolute Gasteiger partial charge is 0.446 e. The number of ether oxygens (including phenoxy) is 1. The Kier molecular flexibility index (Phi) is 4.01. The van der Waals surface area contributed by atoms with Crippen molar-refractivity contribution in [2.24, 2.45) is 5.10 Å². The summed E-state index contributed by atoms with van der Waals surface area (Å²) in [5.41, 5.74) is 2.29. The second-order valence-corrected chi connectivity index (χ2v) is 5.67. The number of rotatable bonds is 3. The van der Waals surface area contributed by atoms with Crippen LogP contribution in [-0.2, 0) is 4.74 Å². The van der Waals surface area contributed by atoms with Gasteiger partial charge in [-0.25, -0.2) is 0 Å². The third-order valence-corrected chi connectivity index (χ3v) is 3.98. The molecule has 1 unspecified atom stereocenters. The number of benzene rings is 3. The van der Waals surface area contributed by atoms with Gasteiger partial charge < -0.3 is 4.74 Å². The zero-order valence-corrected chi connectivity index (χ0v) is 13.4. The molecular weight excluding hydrogens is 312 g/mol. The molecule has 1 atom stereocenters. The summed E-state index contributed by atoms with van der Waals surface area (Å²) in [5, 5.41) is 5.88. The Labute approximate surface area is 146 Å². The van der Waals surface area contributed by atoms with Gasteiger partial charge in [0.2, 0.25) is 12.1 Å². The van der Waals surface area contributed by atoms with Crippen LogP contribution >= 0.6 is 0 Å². The van der Waals surface area contributed by atoms with Crippen molar-refractivity contribution >= 4 is 11.8 Å². The van der Waals surface area contributed by atoms with Gasteiger partial charge in [0.05, 0.1) is 0 Å². The molecule has 0 bridgehead atoms. The van der Waals surface area contributed by atoms with Crippen molar-refractivity contribution in [1.29, 1.82) is 0 Å². The molecule has 0 fully saturated rings. The van der Waals surface area contributed by atoms with E-state index < -0.39 is 6.23 Å². The van der Waals surface area contributed by atoms with Gasteiger partial charge >= 0.3 is 0 Å². The van der Waals surface area contributed by atoms with Crippen molar-refractivity contribution in [2.75, 3.05) is 0 Å². The van der Waals surface area contributed by atoms with Gasteiger partial charge in [-0.2, -0.15) is 5.01 Å². The van der Waals surface area contributed by atoms with Crippen LogP contribution in [0.4, 0.5) is 0 Å². The second kappa shape index (κ2) is 6.61. The highest BCUT2D eigenvalue weighted by Crippen LogP contribution is 2.31. The molecule has 122 valence electrons. The normalized spacial score (nSPS) is 16.2. The smallest absolute Gasteiger partial charge is 0.277 e. The summed E-state index contributed by atoms with van der Waals surface area (Å²) in [7, 11) is 0. The van der Waals surface area contributed by atoms with E-state index in [1.54, 1.807) is 12.1 Å². The molecule has 0 aromatic heterocycles. The van der Waals surface area contributed by atoms with Gasteiger partial charge in [0.1, 0.15) is 0 Å². The summed E-state index contributed by atoms with van der Waals surface area (Å²) in [6, 6.07) is 28.3. The molecule has 1 aliphatic heterocycles. The van der Waals surface area contributed by atoms with Crippen molar-refractivity contribution in [1.82, 2.24) is 5.01 Å². The maximum Gasteiger partial charge on any atom is 0.277 e. The van der Waals surface area contributed by atoms with Crippen molar-refractivity contribution in [3.05, 3.63) is 108 Å². The highest BCUT2D eigenvalue weighted by atomic mass is 16.5. The van der Waals surface area contributed by atoms with Crippen molar-refractivity contribution in [2.45, 2.75) is 6.23 Å². The predicted molar refractivity (Wildman–Crippen MR) is 95.9 cm³/mol. The summed E-state index contributed by atoms with van der Waals surface area (Å²) in [4.78, 5) is 12.9. The minimum absolute atomic E-state index is 0.194. The van der Waals surface area contributed by atoms with E-state index in [-0.39, 0.29) is 5.91 Å². The minimum atomic E-state index is -0.580. The zero-order valence-electron chi connectivity index (χ0n) is 13.4. The molecular formula is C21H16N2O2. The fraction of sp³-hybridized carbons (Fsp3) is 0.0476. The predicted octanol–water partition coefficient (Wildman–Crippen LogP) is 4.22. The van der Waals surface area contributed by atoms with Gasteiger partial charge in [-0.05, 0) is 24.3 Å². The van der Waals surface area contributed by atoms with Gasteiger partial charge in [-0.3, -0.25) is 4.79 Å². The lowest BCUT2D eigenvalue weighted by Crippen LogP contribution is -2.27. The lowest BCUT2D eigenvalue weighted by molar-refractivity contribution is 0.0374. The molecule has 1 amide bonds. The third kappa shape index (κ3) is 3.02. The number of nitrogens with zero attached hydrogens (tertiary/aromatic N) is 2. The minimum Gasteiger partial charge on any atom is -0.446 e. The first kappa shape index (κ1) is 15.1. The molecule has 0 saturated carbocycles. The van der Waals surface area contributed by atoms with Crippen LogP contribution in [0.25, 0.3) is 0 Å². The molecule has 0 saturated heterocycles. The second-order valence-electron chi connectivity index (χ2n) is 5.67. The van der Waals surface area contributed by atoms with Crippen molar-refractivity contribution in [3.63, 3.8) is 0 Å². The monoisotopic (exact) mass is 328 g/mol. The van der Waals surface area contributed by atoms with E-state index in [1.807, 2.05) is 78.9 Å². The van der Waals surface area contributed by atoms with Gasteiger partial charge in [0.15, 0.2) is 0 Å². The molecule has 4 heteroatoms. The van der Waals surface area contributed by atoms with Crippen LogP contribution in [0.5, 0.6) is 0 Å². The molecule has 0 N–H and O–H groups in total. The molecule has 4 rings (SSSR count). The maximum atomic E-state index is 12.9. The van der Waals surface area contributed by atoms with Gasteiger partial charge in [0, 0.05) is 16.7 Å². The first-order chi connectivity index (χ1) is 12.3. The van der Waals surface area contributed by atoms with Crippen LogP contribution in [-0.4, -0.2) is 16.8 Å². The number of hydrogen-bond donors (Lipinski definition) is 0. The van der Waals surface area contributed by atoms with Crippen molar-refractivity contribution in [3.8, 4) is 0 Å². The fourth-order valence-electron chi connectivity index (χ4n) is 2.73. The number of hydrogen-bond acceptors (Lipinski definition) is 3. The summed E-state index contributed by atoms with van der Waals surface area (Å²) >= 11 is 0. The average Bonchev–Trinajstić information content (AvgIpc) is 3.15. The Balaban J connectivity index is 1.73. The van der Waals surface area contributed by atoms with E-state index in [4.69, 9.17) is 4.74 Å². The van der Waals surface area contributed by atoms with E-state index in [0.29, 0.717) is 11.5 Å². The van der Waals surface area contributed by atoms with Crippen LogP contribution in [0, 0.1) is 0 Å². The lowest BCUT2D eigenvalue weighted by Gasteiger charge is -2.20. The van der Waals surface area contributed by atoms with E-state index in [1.165, 1.54) is 5.01 Å². The molecule has 25 heavy (non-hydrogen) atoms. The Morgan fingerprint density at radius 3 is 2.00 bits per heavy atom. The molecule has 1 heterocycles. The molecule has 0 radical (unpaired) electrons. The summed E-state index contributed by atoms with van der Waals surface area (Å²) in [6.45, 7) is 0. The topological polar surface area (TPSA) is 41.9 Å². The highest BCUT2D eigenvalue weighted by molar-refractivity contribution is 6.00. The number of carbonyl (C=O) groups excluding carboxylic acids is 1. The summed E-state index contributed by atoms with van der Waals surface area (Å²) in [5.74, 6) is 0.249. The Hall–Kier alpha value is -3.40. The Morgan fingerprint density at radius 2 is 1.36 bits per heavy atom. The van der Waals surface area contributed by atoms with Gasteiger partial charge in [-0.1, -0.05) is 66.7 Å². The first-order valence-corrected chi connectivity index (χ1v) is 8.07.